The van der Waals surface area contributed by atoms with E-state index in [1.54, 1.807) is 11.3 Å². The van der Waals surface area contributed by atoms with Gasteiger partial charge in [-0.15, -0.1) is 11.3 Å². The topological polar surface area (TPSA) is 39.9 Å². The third kappa shape index (κ3) is 3.21. The summed E-state index contributed by atoms with van der Waals surface area (Å²) in [6.07, 6.45) is 6.13. The van der Waals surface area contributed by atoms with Crippen LogP contribution in [0.5, 0.6) is 5.88 Å². The Balaban J connectivity index is 1.58. The summed E-state index contributed by atoms with van der Waals surface area (Å²) in [7, 11) is 0. The molecule has 3 heterocycles. The van der Waals surface area contributed by atoms with Crippen molar-refractivity contribution in [2.75, 3.05) is 0 Å². The van der Waals surface area contributed by atoms with Crippen molar-refractivity contribution < 1.29 is 4.74 Å². The van der Waals surface area contributed by atoms with Crippen LogP contribution in [0.2, 0.25) is 0 Å². The lowest BCUT2D eigenvalue weighted by molar-refractivity contribution is 0.203. The molecule has 0 saturated heterocycles. The minimum absolute atomic E-state index is 0.290. The van der Waals surface area contributed by atoms with Crippen LogP contribution in [0.1, 0.15) is 43.9 Å². The molecule has 1 aliphatic rings. The normalized spacial score (nSPS) is 16.0. The summed E-state index contributed by atoms with van der Waals surface area (Å²) in [5.41, 5.74) is 4.42. The van der Waals surface area contributed by atoms with Gasteiger partial charge in [0.15, 0.2) is 0 Å². The number of unbranched alkanes of at least 4 members (excludes halogenated alkanes) is 2. The van der Waals surface area contributed by atoms with Crippen LogP contribution in [-0.2, 0) is 6.42 Å². The molecule has 0 spiro atoms. The van der Waals surface area contributed by atoms with E-state index in [0.29, 0.717) is 0 Å². The number of rotatable bonds is 6. The summed E-state index contributed by atoms with van der Waals surface area (Å²) in [4.78, 5) is 4.78. The molecular formula is C20H23N3OS. The van der Waals surface area contributed by atoms with Gasteiger partial charge in [0.1, 0.15) is 6.10 Å². The van der Waals surface area contributed by atoms with Crippen LogP contribution in [0.15, 0.2) is 35.7 Å². The lowest BCUT2D eigenvalue weighted by Crippen LogP contribution is -2.15. The summed E-state index contributed by atoms with van der Waals surface area (Å²) in [6, 6.07) is 10.3. The van der Waals surface area contributed by atoms with Crippen molar-refractivity contribution >= 4 is 11.3 Å². The molecule has 0 saturated carbocycles. The average molecular weight is 353 g/mol. The van der Waals surface area contributed by atoms with Crippen LogP contribution in [0, 0.1) is 6.92 Å². The minimum atomic E-state index is 0.290. The SMILES string of the molecule is CCCCCC1Cc2c(C)nn(-c3nc(-c4ccccc4)cs3)c2O1. The summed E-state index contributed by atoms with van der Waals surface area (Å²) in [5, 5.41) is 7.64. The van der Waals surface area contributed by atoms with Gasteiger partial charge < -0.3 is 4.74 Å². The monoisotopic (exact) mass is 353 g/mol. The summed E-state index contributed by atoms with van der Waals surface area (Å²) in [5.74, 6) is 0.896. The molecule has 2 aromatic heterocycles. The van der Waals surface area contributed by atoms with Crippen LogP contribution in [0.4, 0.5) is 0 Å². The van der Waals surface area contributed by atoms with Crippen LogP contribution in [0.3, 0.4) is 0 Å². The molecule has 130 valence electrons. The van der Waals surface area contributed by atoms with Gasteiger partial charge >= 0.3 is 0 Å². The first-order chi connectivity index (χ1) is 12.3. The lowest BCUT2D eigenvalue weighted by atomic mass is 10.1. The Kier molecular flexibility index (Phi) is 4.57. The van der Waals surface area contributed by atoms with Gasteiger partial charge in [-0.25, -0.2) is 4.98 Å². The number of aromatic nitrogens is 3. The molecule has 3 aromatic rings. The number of hydrogen-bond donors (Lipinski definition) is 0. The van der Waals surface area contributed by atoms with Crippen LogP contribution >= 0.6 is 11.3 Å². The number of benzene rings is 1. The van der Waals surface area contributed by atoms with Crippen molar-refractivity contribution in [2.24, 2.45) is 0 Å². The van der Waals surface area contributed by atoms with Crippen molar-refractivity contribution in [1.82, 2.24) is 14.8 Å². The molecule has 0 aliphatic carbocycles. The van der Waals surface area contributed by atoms with E-state index in [1.807, 2.05) is 22.9 Å². The molecule has 1 unspecified atom stereocenters. The third-order valence-corrected chi connectivity index (χ3v) is 5.54. The van der Waals surface area contributed by atoms with Crippen LogP contribution in [-0.4, -0.2) is 20.9 Å². The van der Waals surface area contributed by atoms with Gasteiger partial charge in [0.2, 0.25) is 11.0 Å². The van der Waals surface area contributed by atoms with E-state index in [9.17, 15) is 0 Å². The molecule has 0 N–H and O–H groups in total. The van der Waals surface area contributed by atoms with E-state index in [-0.39, 0.29) is 6.10 Å². The Morgan fingerprint density at radius 2 is 2.08 bits per heavy atom. The summed E-state index contributed by atoms with van der Waals surface area (Å²) < 4.78 is 8.13. The Bertz CT molecular complexity index is 853. The Labute approximate surface area is 152 Å². The smallest absolute Gasteiger partial charge is 0.222 e. The predicted octanol–water partition coefficient (Wildman–Crippen LogP) is 5.19. The largest absolute Gasteiger partial charge is 0.474 e. The molecule has 0 radical (unpaired) electrons. The van der Waals surface area contributed by atoms with Crippen LogP contribution < -0.4 is 4.74 Å². The number of aryl methyl sites for hydroxylation is 1. The fraction of sp³-hybridized carbons (Fsp3) is 0.400. The first-order valence-corrected chi connectivity index (χ1v) is 9.90. The second kappa shape index (κ2) is 7.00. The highest BCUT2D eigenvalue weighted by atomic mass is 32.1. The third-order valence-electron chi connectivity index (χ3n) is 4.72. The first-order valence-electron chi connectivity index (χ1n) is 9.02. The van der Waals surface area contributed by atoms with Gasteiger partial charge in [0, 0.05) is 22.9 Å². The molecular weight excluding hydrogens is 330 g/mol. The fourth-order valence-electron chi connectivity index (χ4n) is 3.34. The Hall–Kier alpha value is -2.14. The zero-order chi connectivity index (χ0) is 17.2. The quantitative estimate of drug-likeness (QED) is 0.573. The second-order valence-corrected chi connectivity index (χ2v) is 7.44. The molecule has 4 rings (SSSR count). The molecule has 25 heavy (non-hydrogen) atoms. The molecule has 0 fully saturated rings. The van der Waals surface area contributed by atoms with E-state index >= 15 is 0 Å². The van der Waals surface area contributed by atoms with E-state index < -0.39 is 0 Å². The first kappa shape index (κ1) is 16.3. The highest BCUT2D eigenvalue weighted by Crippen LogP contribution is 2.36. The number of fused-ring (bicyclic) bond motifs is 1. The number of thiazole rings is 1. The lowest BCUT2D eigenvalue weighted by Gasteiger charge is -2.11. The average Bonchev–Trinajstić information content (AvgIpc) is 3.33. The molecule has 0 bridgehead atoms. The van der Waals surface area contributed by atoms with Crippen molar-refractivity contribution in [3.8, 4) is 22.3 Å². The second-order valence-electron chi connectivity index (χ2n) is 6.60. The molecule has 4 nitrogen and oxygen atoms in total. The fourth-order valence-corrected chi connectivity index (χ4v) is 4.12. The van der Waals surface area contributed by atoms with Gasteiger partial charge in [0.25, 0.3) is 0 Å². The minimum Gasteiger partial charge on any atom is -0.474 e. The Morgan fingerprint density at radius 1 is 1.24 bits per heavy atom. The van der Waals surface area contributed by atoms with Crippen molar-refractivity contribution in [1.29, 1.82) is 0 Å². The number of hydrogen-bond acceptors (Lipinski definition) is 4. The standard InChI is InChI=1S/C20H23N3OS/c1-3-4-6-11-16-12-17-14(2)22-23(19(17)24-16)20-21-18(13-25-20)15-9-7-5-8-10-15/h5,7-10,13,16H,3-4,6,11-12H2,1-2H3. The number of ether oxygens (including phenoxy) is 1. The van der Waals surface area contributed by atoms with E-state index in [4.69, 9.17) is 9.72 Å². The molecule has 5 heteroatoms. The summed E-state index contributed by atoms with van der Waals surface area (Å²) in [6.45, 7) is 4.30. The molecule has 1 atom stereocenters. The Morgan fingerprint density at radius 3 is 2.88 bits per heavy atom. The summed E-state index contributed by atoms with van der Waals surface area (Å²) >= 11 is 1.61. The zero-order valence-electron chi connectivity index (χ0n) is 14.7. The van der Waals surface area contributed by atoms with Gasteiger partial charge in [-0.1, -0.05) is 50.1 Å². The highest BCUT2D eigenvalue weighted by Gasteiger charge is 2.30. The maximum atomic E-state index is 6.24. The molecule has 1 aromatic carbocycles. The van der Waals surface area contributed by atoms with Gasteiger partial charge in [0.05, 0.1) is 11.4 Å². The molecule has 0 amide bonds. The predicted molar refractivity (Wildman–Crippen MR) is 102 cm³/mol. The zero-order valence-corrected chi connectivity index (χ0v) is 15.6. The van der Waals surface area contributed by atoms with Crippen molar-refractivity contribution in [3.05, 3.63) is 47.0 Å². The van der Waals surface area contributed by atoms with Gasteiger partial charge in [-0.05, 0) is 19.8 Å². The van der Waals surface area contributed by atoms with Crippen molar-refractivity contribution in [2.45, 2.75) is 52.1 Å². The van der Waals surface area contributed by atoms with E-state index in [1.165, 1.54) is 24.8 Å². The van der Waals surface area contributed by atoms with Gasteiger partial charge in [-0.3, -0.25) is 0 Å². The van der Waals surface area contributed by atoms with E-state index in [2.05, 4.69) is 36.5 Å². The van der Waals surface area contributed by atoms with E-state index in [0.717, 1.165) is 40.8 Å². The van der Waals surface area contributed by atoms with Crippen molar-refractivity contribution in [3.63, 3.8) is 0 Å². The maximum Gasteiger partial charge on any atom is 0.222 e. The number of nitrogens with zero attached hydrogens (tertiary/aromatic N) is 3. The molecule has 1 aliphatic heterocycles. The maximum absolute atomic E-state index is 6.24. The van der Waals surface area contributed by atoms with Gasteiger partial charge in [-0.2, -0.15) is 9.78 Å². The highest BCUT2D eigenvalue weighted by molar-refractivity contribution is 7.12. The van der Waals surface area contributed by atoms with Crippen LogP contribution in [0.25, 0.3) is 16.4 Å².